The zero-order valence-corrected chi connectivity index (χ0v) is 5.14. The van der Waals surface area contributed by atoms with Gasteiger partial charge in [0.2, 0.25) is 0 Å². The molecule has 1 aliphatic heterocycles. The number of aliphatic hydroxyl groups is 1. The number of aliphatic hydroxyl groups excluding tert-OH is 1. The molecule has 2 nitrogen and oxygen atoms in total. The highest BCUT2D eigenvalue weighted by atomic mass is 16.5. The van der Waals surface area contributed by atoms with Crippen LogP contribution in [0.3, 0.4) is 0 Å². The van der Waals surface area contributed by atoms with Gasteiger partial charge >= 0.3 is 0 Å². The molecule has 0 aromatic heterocycles. The quantitative estimate of drug-likeness (QED) is 0.513. The van der Waals surface area contributed by atoms with E-state index in [-0.39, 0.29) is 0 Å². The first-order chi connectivity index (χ1) is 3.63. The maximum Gasteiger partial charge on any atom is 0.122 e. The average molecular weight is 114 g/mol. The second kappa shape index (κ2) is 1.49. The lowest BCUT2D eigenvalue weighted by molar-refractivity contribution is 0.0242. The van der Waals surface area contributed by atoms with Crippen molar-refractivity contribution in [3.63, 3.8) is 0 Å². The summed E-state index contributed by atoms with van der Waals surface area (Å²) in [6.07, 6.45) is 1.68. The molecule has 0 atom stereocenters. The molecule has 1 rings (SSSR count). The fourth-order valence-electron chi connectivity index (χ4n) is 0.649. The lowest BCUT2D eigenvalue weighted by Gasteiger charge is -2.16. The Balaban J connectivity index is 2.73. The Morgan fingerprint density at radius 3 is 2.50 bits per heavy atom. The van der Waals surface area contributed by atoms with Crippen molar-refractivity contribution < 1.29 is 9.84 Å². The summed E-state index contributed by atoms with van der Waals surface area (Å²) in [7, 11) is 0. The molecule has 0 aromatic rings. The van der Waals surface area contributed by atoms with Crippen molar-refractivity contribution in [2.75, 3.05) is 6.61 Å². The highest BCUT2D eigenvalue weighted by Gasteiger charge is 2.27. The molecule has 8 heavy (non-hydrogen) atoms. The fourth-order valence-corrected chi connectivity index (χ4v) is 0.649. The van der Waals surface area contributed by atoms with Gasteiger partial charge in [0.05, 0.1) is 6.61 Å². The lowest BCUT2D eigenvalue weighted by atomic mass is 10.1. The molecule has 0 unspecified atom stereocenters. The van der Waals surface area contributed by atoms with Crippen LogP contribution in [0.5, 0.6) is 0 Å². The summed E-state index contributed by atoms with van der Waals surface area (Å²) in [5.41, 5.74) is -0.431. The molecule has 0 saturated heterocycles. The number of rotatable bonds is 0. The molecule has 0 radical (unpaired) electrons. The minimum atomic E-state index is -0.431. The van der Waals surface area contributed by atoms with Gasteiger partial charge in [-0.2, -0.15) is 0 Å². The summed E-state index contributed by atoms with van der Waals surface area (Å²) >= 11 is 0. The van der Waals surface area contributed by atoms with Gasteiger partial charge in [0, 0.05) is 0 Å². The van der Waals surface area contributed by atoms with E-state index in [1.807, 2.05) is 13.8 Å². The van der Waals surface area contributed by atoms with Crippen molar-refractivity contribution in [2.45, 2.75) is 19.4 Å². The van der Waals surface area contributed by atoms with Crippen molar-refractivity contribution in [1.82, 2.24) is 0 Å². The van der Waals surface area contributed by atoms with Crippen molar-refractivity contribution in [3.8, 4) is 0 Å². The molecule has 2 heteroatoms. The topological polar surface area (TPSA) is 29.5 Å². The summed E-state index contributed by atoms with van der Waals surface area (Å²) < 4.78 is 5.11. The van der Waals surface area contributed by atoms with Gasteiger partial charge < -0.3 is 9.84 Å². The summed E-state index contributed by atoms with van der Waals surface area (Å²) in [4.78, 5) is 0. The molecule has 1 heterocycles. The third kappa shape index (κ3) is 0.713. The van der Waals surface area contributed by atoms with Gasteiger partial charge in [-0.25, -0.2) is 0 Å². The van der Waals surface area contributed by atoms with Crippen LogP contribution in [0.1, 0.15) is 13.8 Å². The van der Waals surface area contributed by atoms with Crippen LogP contribution in [0.4, 0.5) is 0 Å². The Morgan fingerprint density at radius 2 is 2.38 bits per heavy atom. The Morgan fingerprint density at radius 1 is 1.75 bits per heavy atom. The molecule has 0 bridgehead atoms. The highest BCUT2D eigenvalue weighted by molar-refractivity contribution is 5.10. The molecule has 0 spiro atoms. The minimum Gasteiger partial charge on any atom is -0.510 e. The summed E-state index contributed by atoms with van der Waals surface area (Å²) in [6.45, 7) is 4.22. The maximum absolute atomic E-state index is 8.99. The Kier molecular flexibility index (Phi) is 1.05. The minimum absolute atomic E-state index is 0.345. The second-order valence-corrected chi connectivity index (χ2v) is 2.41. The average Bonchev–Trinajstić information content (AvgIpc) is 1.86. The van der Waals surface area contributed by atoms with Gasteiger partial charge in [-0.3, -0.25) is 0 Å². The zero-order valence-electron chi connectivity index (χ0n) is 5.14. The monoisotopic (exact) mass is 114 g/mol. The first kappa shape index (κ1) is 5.63. The van der Waals surface area contributed by atoms with Crippen LogP contribution in [0.2, 0.25) is 0 Å². The Labute approximate surface area is 48.8 Å². The fraction of sp³-hybridized carbons (Fsp3) is 0.667. The van der Waals surface area contributed by atoms with E-state index < -0.39 is 5.60 Å². The van der Waals surface area contributed by atoms with E-state index in [9.17, 15) is 0 Å². The van der Waals surface area contributed by atoms with Gasteiger partial charge in [0.15, 0.2) is 0 Å². The third-order valence-corrected chi connectivity index (χ3v) is 1.34. The normalized spacial score (nSPS) is 25.5. The van der Waals surface area contributed by atoms with Gasteiger partial charge in [0.25, 0.3) is 0 Å². The van der Waals surface area contributed by atoms with E-state index in [1.165, 1.54) is 0 Å². The molecular weight excluding hydrogens is 104 g/mol. The molecule has 0 aromatic carbocycles. The highest BCUT2D eigenvalue weighted by Crippen LogP contribution is 2.22. The van der Waals surface area contributed by atoms with E-state index in [2.05, 4.69) is 0 Å². The maximum atomic E-state index is 8.99. The van der Waals surface area contributed by atoms with Gasteiger partial charge in [-0.05, 0) is 19.9 Å². The summed E-state index contributed by atoms with van der Waals surface area (Å²) in [5.74, 6) is 0.345. The van der Waals surface area contributed by atoms with Crippen LogP contribution in [0, 0.1) is 0 Å². The molecule has 1 N–H and O–H groups in total. The van der Waals surface area contributed by atoms with Crippen LogP contribution < -0.4 is 0 Å². The lowest BCUT2D eigenvalue weighted by Crippen LogP contribution is -2.21. The number of ether oxygens (including phenoxy) is 1. The van der Waals surface area contributed by atoms with Crippen LogP contribution in [-0.4, -0.2) is 17.3 Å². The molecule has 0 fully saturated rings. The molecule has 1 aliphatic rings. The Bertz CT molecular complexity index is 124. The van der Waals surface area contributed by atoms with Crippen LogP contribution in [0.25, 0.3) is 0 Å². The first-order valence-corrected chi connectivity index (χ1v) is 2.66. The Hall–Kier alpha value is -0.500. The van der Waals surface area contributed by atoms with Crippen molar-refractivity contribution in [3.05, 3.63) is 11.8 Å². The summed E-state index contributed by atoms with van der Waals surface area (Å²) in [5, 5.41) is 8.99. The van der Waals surface area contributed by atoms with E-state index >= 15 is 0 Å². The van der Waals surface area contributed by atoms with Gasteiger partial charge in [-0.15, -0.1) is 0 Å². The molecule has 0 aliphatic carbocycles. The van der Waals surface area contributed by atoms with E-state index in [1.54, 1.807) is 6.08 Å². The smallest absolute Gasteiger partial charge is 0.122 e. The molecule has 46 valence electrons. The molecule has 0 saturated carbocycles. The SMILES string of the molecule is CC1(C)OCC=C1O. The number of hydrogen-bond acceptors (Lipinski definition) is 2. The van der Waals surface area contributed by atoms with Crippen LogP contribution >= 0.6 is 0 Å². The summed E-state index contributed by atoms with van der Waals surface area (Å²) in [6, 6.07) is 0. The predicted octanol–water partition coefficient (Wildman–Crippen LogP) is 1.24. The van der Waals surface area contributed by atoms with Gasteiger partial charge in [0.1, 0.15) is 11.4 Å². The van der Waals surface area contributed by atoms with Crippen molar-refractivity contribution in [2.24, 2.45) is 0 Å². The third-order valence-electron chi connectivity index (χ3n) is 1.34. The van der Waals surface area contributed by atoms with Gasteiger partial charge in [-0.1, -0.05) is 0 Å². The van der Waals surface area contributed by atoms with Crippen LogP contribution in [0.15, 0.2) is 11.8 Å². The second-order valence-electron chi connectivity index (χ2n) is 2.41. The first-order valence-electron chi connectivity index (χ1n) is 2.66. The van der Waals surface area contributed by atoms with E-state index in [4.69, 9.17) is 9.84 Å². The van der Waals surface area contributed by atoms with Crippen LogP contribution in [-0.2, 0) is 4.74 Å². The van der Waals surface area contributed by atoms with E-state index in [0.717, 1.165) is 0 Å². The largest absolute Gasteiger partial charge is 0.510 e. The zero-order chi connectivity index (χ0) is 6.20. The number of hydrogen-bond donors (Lipinski definition) is 1. The molecule has 0 amide bonds. The van der Waals surface area contributed by atoms with Crippen molar-refractivity contribution >= 4 is 0 Å². The molecular formula is C6H10O2. The van der Waals surface area contributed by atoms with Crippen molar-refractivity contribution in [1.29, 1.82) is 0 Å². The standard InChI is InChI=1S/C6H10O2/c1-6(2)5(7)3-4-8-6/h3,7H,4H2,1-2H3. The predicted molar refractivity (Wildman–Crippen MR) is 30.7 cm³/mol. The van der Waals surface area contributed by atoms with E-state index in [0.29, 0.717) is 12.4 Å².